The van der Waals surface area contributed by atoms with Crippen LogP contribution < -0.4 is 0 Å². The van der Waals surface area contributed by atoms with Crippen LogP contribution in [0.2, 0.25) is 0 Å². The molecule has 0 saturated heterocycles. The zero-order valence-corrected chi connectivity index (χ0v) is 9.59. The Kier molecular flexibility index (Phi) is 3.50. The minimum absolute atomic E-state index is 0.272. The van der Waals surface area contributed by atoms with E-state index >= 15 is 0 Å². The molecule has 0 aliphatic carbocycles. The first-order valence-corrected chi connectivity index (χ1v) is 5.40. The monoisotopic (exact) mass is 227 g/mol. The van der Waals surface area contributed by atoms with E-state index in [4.69, 9.17) is 4.74 Å². The average molecular weight is 227 g/mol. The number of esters is 1. The van der Waals surface area contributed by atoms with E-state index in [-0.39, 0.29) is 5.97 Å². The number of benzene rings is 1. The highest BCUT2D eigenvalue weighted by molar-refractivity contribution is 5.80. The van der Waals surface area contributed by atoms with Crippen LogP contribution in [0.1, 0.15) is 12.5 Å². The Balaban J connectivity index is 2.11. The van der Waals surface area contributed by atoms with Crippen molar-refractivity contribution in [1.29, 1.82) is 0 Å². The van der Waals surface area contributed by atoms with Gasteiger partial charge in [0.1, 0.15) is 6.61 Å². The van der Waals surface area contributed by atoms with Gasteiger partial charge < -0.3 is 4.74 Å². The molecule has 0 aliphatic heterocycles. The number of hydrogen-bond acceptors (Lipinski definition) is 3. The number of pyridine rings is 1. The number of carbonyl (C=O) groups excluding carboxylic acids is 1. The van der Waals surface area contributed by atoms with Crippen LogP contribution in [0, 0.1) is 0 Å². The summed E-state index contributed by atoms with van der Waals surface area (Å²) in [7, 11) is 0. The molecule has 17 heavy (non-hydrogen) atoms. The molecule has 1 aromatic carbocycles. The van der Waals surface area contributed by atoms with Crippen molar-refractivity contribution < 1.29 is 9.53 Å². The van der Waals surface area contributed by atoms with Crippen molar-refractivity contribution in [3.05, 3.63) is 48.2 Å². The fraction of sp³-hybridized carbons (Fsp3) is 0.143. The lowest BCUT2D eigenvalue weighted by atomic mass is 10.1. The van der Waals surface area contributed by atoms with Crippen molar-refractivity contribution in [2.75, 3.05) is 6.61 Å². The van der Waals surface area contributed by atoms with Crippen LogP contribution in [0.25, 0.3) is 17.0 Å². The Morgan fingerprint density at radius 1 is 1.41 bits per heavy atom. The molecule has 0 unspecified atom stereocenters. The molecule has 3 nitrogen and oxygen atoms in total. The highest BCUT2D eigenvalue weighted by Gasteiger charge is 1.94. The molecule has 0 spiro atoms. The van der Waals surface area contributed by atoms with Crippen molar-refractivity contribution >= 4 is 22.9 Å². The molecule has 2 rings (SSSR count). The molecular weight excluding hydrogens is 214 g/mol. The number of para-hydroxylation sites is 1. The quantitative estimate of drug-likeness (QED) is 0.757. The summed E-state index contributed by atoms with van der Waals surface area (Å²) in [6, 6.07) is 9.99. The van der Waals surface area contributed by atoms with Crippen molar-refractivity contribution in [3.63, 3.8) is 0 Å². The lowest BCUT2D eigenvalue weighted by Gasteiger charge is -1.98. The summed E-state index contributed by atoms with van der Waals surface area (Å²) in [4.78, 5) is 14.9. The molecule has 1 aromatic heterocycles. The van der Waals surface area contributed by atoms with Gasteiger partial charge in [-0.3, -0.25) is 9.78 Å². The first kappa shape index (κ1) is 11.3. The molecular formula is C14H13NO2. The van der Waals surface area contributed by atoms with Crippen LogP contribution in [-0.2, 0) is 9.53 Å². The summed E-state index contributed by atoms with van der Waals surface area (Å²) >= 11 is 0. The van der Waals surface area contributed by atoms with Crippen molar-refractivity contribution in [2.24, 2.45) is 0 Å². The Bertz CT molecular complexity index is 561. The molecule has 3 heteroatoms. The lowest BCUT2D eigenvalue weighted by molar-refractivity contribution is -0.139. The Hall–Kier alpha value is -2.16. The van der Waals surface area contributed by atoms with Crippen LogP contribution in [0.5, 0.6) is 0 Å². The molecule has 0 aliphatic rings. The molecule has 0 saturated carbocycles. The van der Waals surface area contributed by atoms with E-state index in [1.807, 2.05) is 36.4 Å². The first-order chi connectivity index (χ1) is 8.25. The molecule has 0 radical (unpaired) electrons. The molecule has 0 fully saturated rings. The topological polar surface area (TPSA) is 39.2 Å². The summed E-state index contributed by atoms with van der Waals surface area (Å²) in [6.45, 7) is 1.69. The third-order valence-electron chi connectivity index (χ3n) is 2.30. The van der Waals surface area contributed by atoms with Crippen LogP contribution in [0.3, 0.4) is 0 Å². The van der Waals surface area contributed by atoms with Crippen molar-refractivity contribution in [3.8, 4) is 0 Å². The van der Waals surface area contributed by atoms with Gasteiger partial charge in [-0.1, -0.05) is 24.3 Å². The van der Waals surface area contributed by atoms with Crippen LogP contribution >= 0.6 is 0 Å². The molecule has 0 atom stereocenters. The number of fused-ring (bicyclic) bond motifs is 1. The number of hydrogen-bond donors (Lipinski definition) is 0. The highest BCUT2D eigenvalue weighted by Crippen LogP contribution is 2.13. The number of ether oxygens (including phenoxy) is 1. The second kappa shape index (κ2) is 5.25. The van der Waals surface area contributed by atoms with Gasteiger partial charge in [-0.15, -0.1) is 0 Å². The zero-order valence-electron chi connectivity index (χ0n) is 9.59. The SMILES string of the molecule is CC(=O)OC/C=C/c1cnc2ccccc2c1. The second-order valence-corrected chi connectivity index (χ2v) is 3.67. The predicted octanol–water partition coefficient (Wildman–Crippen LogP) is 2.81. The predicted molar refractivity (Wildman–Crippen MR) is 67.4 cm³/mol. The molecule has 0 N–H and O–H groups in total. The van der Waals surface area contributed by atoms with Gasteiger partial charge in [-0.25, -0.2) is 0 Å². The maximum atomic E-state index is 10.6. The zero-order chi connectivity index (χ0) is 12.1. The maximum Gasteiger partial charge on any atom is 0.302 e. The summed E-state index contributed by atoms with van der Waals surface area (Å²) in [5.74, 6) is -0.272. The minimum atomic E-state index is -0.272. The molecule has 2 aromatic rings. The second-order valence-electron chi connectivity index (χ2n) is 3.67. The Labute approximate surface area is 99.7 Å². The third-order valence-corrected chi connectivity index (χ3v) is 2.30. The molecule has 0 amide bonds. The van der Waals surface area contributed by atoms with E-state index in [1.54, 1.807) is 12.3 Å². The average Bonchev–Trinajstić information content (AvgIpc) is 2.34. The van der Waals surface area contributed by atoms with E-state index in [0.29, 0.717) is 6.61 Å². The van der Waals surface area contributed by atoms with E-state index in [0.717, 1.165) is 16.5 Å². The van der Waals surface area contributed by atoms with Gasteiger partial charge in [0.05, 0.1) is 5.52 Å². The van der Waals surface area contributed by atoms with E-state index in [2.05, 4.69) is 4.98 Å². The fourth-order valence-corrected chi connectivity index (χ4v) is 1.53. The first-order valence-electron chi connectivity index (χ1n) is 5.40. The molecule has 1 heterocycles. The van der Waals surface area contributed by atoms with Gasteiger partial charge in [0, 0.05) is 18.5 Å². The molecule has 86 valence electrons. The van der Waals surface area contributed by atoms with Gasteiger partial charge >= 0.3 is 5.97 Å². The van der Waals surface area contributed by atoms with Crippen LogP contribution in [0.15, 0.2) is 42.6 Å². The standard InChI is InChI=1S/C14H13NO2/c1-11(16)17-8-4-5-12-9-13-6-2-3-7-14(13)15-10-12/h2-7,9-10H,8H2,1H3/b5-4+. The van der Waals surface area contributed by atoms with Gasteiger partial charge in [0.15, 0.2) is 0 Å². The number of rotatable bonds is 3. The van der Waals surface area contributed by atoms with Crippen molar-refractivity contribution in [1.82, 2.24) is 4.98 Å². The minimum Gasteiger partial charge on any atom is -0.462 e. The summed E-state index contributed by atoms with van der Waals surface area (Å²) in [6.07, 6.45) is 5.49. The van der Waals surface area contributed by atoms with Gasteiger partial charge in [0.2, 0.25) is 0 Å². The van der Waals surface area contributed by atoms with E-state index in [9.17, 15) is 4.79 Å². The third kappa shape index (κ3) is 3.14. The summed E-state index contributed by atoms with van der Waals surface area (Å²) < 4.78 is 4.80. The fourth-order valence-electron chi connectivity index (χ4n) is 1.53. The Morgan fingerprint density at radius 2 is 2.24 bits per heavy atom. The lowest BCUT2D eigenvalue weighted by Crippen LogP contribution is -1.97. The highest BCUT2D eigenvalue weighted by atomic mass is 16.5. The molecule has 0 bridgehead atoms. The van der Waals surface area contributed by atoms with Gasteiger partial charge in [-0.2, -0.15) is 0 Å². The number of aromatic nitrogens is 1. The smallest absolute Gasteiger partial charge is 0.302 e. The number of nitrogens with zero attached hydrogens (tertiary/aromatic N) is 1. The van der Waals surface area contributed by atoms with Gasteiger partial charge in [0.25, 0.3) is 0 Å². The van der Waals surface area contributed by atoms with E-state index < -0.39 is 0 Å². The van der Waals surface area contributed by atoms with Crippen LogP contribution in [-0.4, -0.2) is 17.6 Å². The van der Waals surface area contributed by atoms with E-state index in [1.165, 1.54) is 6.92 Å². The Morgan fingerprint density at radius 3 is 3.06 bits per heavy atom. The maximum absolute atomic E-state index is 10.6. The van der Waals surface area contributed by atoms with Crippen LogP contribution in [0.4, 0.5) is 0 Å². The number of carbonyl (C=O) groups is 1. The largest absolute Gasteiger partial charge is 0.462 e. The normalized spacial score (nSPS) is 10.9. The van der Waals surface area contributed by atoms with Crippen molar-refractivity contribution in [2.45, 2.75) is 6.92 Å². The van der Waals surface area contributed by atoms with Gasteiger partial charge in [-0.05, 0) is 23.8 Å². The summed E-state index contributed by atoms with van der Waals surface area (Å²) in [5, 5.41) is 1.10. The summed E-state index contributed by atoms with van der Waals surface area (Å²) in [5.41, 5.74) is 1.97.